The molecule has 3 N–H and O–H groups in total. The number of nitrogens with one attached hydrogen (secondary N) is 1. The van der Waals surface area contributed by atoms with Crippen LogP contribution in [0.4, 0.5) is 16.4 Å². The van der Waals surface area contributed by atoms with E-state index in [1.165, 1.54) is 12.0 Å². The average Bonchev–Trinajstić information content (AvgIpc) is 3.29. The standard InChI is InChI=1S/C30H31N5O3/c1-37-25-15-12-21(13-16-25)19-35-29(31)27(23-10-6-3-7-11-23)28(34-35)24-14-17-26(32-18-24)33-30(36)38-20-22-8-4-2-5-9-22/h2,4-5,8-10,12-18H,3,6-7,11,19-20,31H2,1H3,(H,32,33,36). The number of nitrogen functional groups attached to an aromatic ring is 1. The fraction of sp³-hybridized carbons (Fsp3) is 0.233. The summed E-state index contributed by atoms with van der Waals surface area (Å²) in [6, 6.07) is 21.1. The number of rotatable bonds is 8. The van der Waals surface area contributed by atoms with Gasteiger partial charge in [-0.15, -0.1) is 0 Å². The van der Waals surface area contributed by atoms with Crippen LogP contribution in [0.2, 0.25) is 0 Å². The number of aromatic nitrogens is 3. The van der Waals surface area contributed by atoms with E-state index in [-0.39, 0.29) is 6.61 Å². The lowest BCUT2D eigenvalue weighted by Crippen LogP contribution is -2.14. The van der Waals surface area contributed by atoms with Crippen LogP contribution in [0.1, 0.15) is 42.4 Å². The molecule has 194 valence electrons. The minimum absolute atomic E-state index is 0.189. The minimum Gasteiger partial charge on any atom is -0.497 e. The van der Waals surface area contributed by atoms with Crippen molar-refractivity contribution in [3.05, 3.63) is 95.7 Å². The van der Waals surface area contributed by atoms with Crippen molar-refractivity contribution in [2.24, 2.45) is 0 Å². The number of pyridine rings is 1. The molecule has 2 aromatic heterocycles. The van der Waals surface area contributed by atoms with Gasteiger partial charge in [-0.1, -0.05) is 48.5 Å². The molecule has 38 heavy (non-hydrogen) atoms. The minimum atomic E-state index is -0.560. The predicted octanol–water partition coefficient (Wildman–Crippen LogP) is 6.29. The maximum Gasteiger partial charge on any atom is 0.413 e. The zero-order valence-electron chi connectivity index (χ0n) is 21.4. The van der Waals surface area contributed by atoms with E-state index in [0.29, 0.717) is 18.2 Å². The van der Waals surface area contributed by atoms with Crippen LogP contribution in [0.15, 0.2) is 79.0 Å². The molecule has 2 aromatic carbocycles. The van der Waals surface area contributed by atoms with E-state index < -0.39 is 6.09 Å². The van der Waals surface area contributed by atoms with Gasteiger partial charge in [-0.3, -0.25) is 5.32 Å². The van der Waals surface area contributed by atoms with Crippen molar-refractivity contribution in [3.63, 3.8) is 0 Å². The van der Waals surface area contributed by atoms with Crippen LogP contribution in [0, 0.1) is 0 Å². The van der Waals surface area contributed by atoms with Crippen molar-refractivity contribution in [3.8, 4) is 17.0 Å². The Morgan fingerprint density at radius 2 is 1.84 bits per heavy atom. The molecule has 8 heteroatoms. The van der Waals surface area contributed by atoms with Gasteiger partial charge in [0.2, 0.25) is 0 Å². The largest absolute Gasteiger partial charge is 0.497 e. The number of hydrogen-bond acceptors (Lipinski definition) is 6. The number of anilines is 2. The molecule has 0 bridgehead atoms. The second kappa shape index (κ2) is 11.6. The second-order valence-corrected chi connectivity index (χ2v) is 9.21. The summed E-state index contributed by atoms with van der Waals surface area (Å²) >= 11 is 0. The van der Waals surface area contributed by atoms with Crippen LogP contribution in [-0.4, -0.2) is 28.0 Å². The first-order valence-electron chi connectivity index (χ1n) is 12.7. The first-order valence-corrected chi connectivity index (χ1v) is 12.7. The Kier molecular flexibility index (Phi) is 7.68. The highest BCUT2D eigenvalue weighted by Crippen LogP contribution is 2.38. The third kappa shape index (κ3) is 5.86. The maximum absolute atomic E-state index is 12.2. The lowest BCUT2D eigenvalue weighted by Gasteiger charge is -2.14. The molecule has 1 aliphatic carbocycles. The highest BCUT2D eigenvalue weighted by molar-refractivity contribution is 5.86. The summed E-state index contributed by atoms with van der Waals surface area (Å²) in [4.78, 5) is 16.7. The van der Waals surface area contributed by atoms with Gasteiger partial charge in [-0.2, -0.15) is 5.10 Å². The quantitative estimate of drug-likeness (QED) is 0.289. The van der Waals surface area contributed by atoms with E-state index in [2.05, 4.69) is 16.4 Å². The Labute approximate surface area is 222 Å². The van der Waals surface area contributed by atoms with Crippen molar-refractivity contribution in [2.45, 2.75) is 38.8 Å². The molecular formula is C30H31N5O3. The molecule has 8 nitrogen and oxygen atoms in total. The first-order chi connectivity index (χ1) is 18.6. The Bertz CT molecular complexity index is 1410. The third-order valence-electron chi connectivity index (χ3n) is 6.58. The molecule has 0 spiro atoms. The summed E-state index contributed by atoms with van der Waals surface area (Å²) in [5.74, 6) is 1.84. The van der Waals surface area contributed by atoms with Gasteiger partial charge in [-0.25, -0.2) is 14.5 Å². The molecule has 5 rings (SSSR count). The maximum atomic E-state index is 12.2. The molecule has 0 atom stereocenters. The fourth-order valence-electron chi connectivity index (χ4n) is 4.55. The molecular weight excluding hydrogens is 478 g/mol. The number of hydrogen-bond donors (Lipinski definition) is 2. The summed E-state index contributed by atoms with van der Waals surface area (Å²) in [7, 11) is 1.65. The number of carbonyl (C=O) groups is 1. The van der Waals surface area contributed by atoms with Crippen LogP contribution in [0.5, 0.6) is 5.75 Å². The number of carbonyl (C=O) groups excluding carboxylic acids is 1. The number of allylic oxidation sites excluding steroid dienone is 2. The van der Waals surface area contributed by atoms with Gasteiger partial charge in [0.1, 0.15) is 29.7 Å². The second-order valence-electron chi connectivity index (χ2n) is 9.21. The molecule has 0 saturated carbocycles. The van der Waals surface area contributed by atoms with Crippen molar-refractivity contribution in [1.82, 2.24) is 14.8 Å². The van der Waals surface area contributed by atoms with E-state index >= 15 is 0 Å². The number of ether oxygens (including phenoxy) is 2. The first kappa shape index (κ1) is 25.1. The zero-order valence-corrected chi connectivity index (χ0v) is 21.4. The summed E-state index contributed by atoms with van der Waals surface area (Å²) in [6.07, 6.45) is 7.72. The number of methoxy groups -OCH3 is 1. The third-order valence-corrected chi connectivity index (χ3v) is 6.58. The number of benzene rings is 2. The fourth-order valence-corrected chi connectivity index (χ4v) is 4.55. The Morgan fingerprint density at radius 1 is 1.03 bits per heavy atom. The molecule has 0 aliphatic heterocycles. The van der Waals surface area contributed by atoms with Crippen LogP contribution >= 0.6 is 0 Å². The van der Waals surface area contributed by atoms with E-state index in [1.54, 1.807) is 19.4 Å². The highest BCUT2D eigenvalue weighted by Gasteiger charge is 2.22. The van der Waals surface area contributed by atoms with E-state index in [4.69, 9.17) is 20.3 Å². The summed E-state index contributed by atoms with van der Waals surface area (Å²) in [5.41, 5.74) is 12.5. The van der Waals surface area contributed by atoms with Gasteiger partial charge < -0.3 is 15.2 Å². The van der Waals surface area contributed by atoms with Gasteiger partial charge in [0.15, 0.2) is 0 Å². The molecule has 1 aliphatic rings. The molecule has 0 unspecified atom stereocenters. The Morgan fingerprint density at radius 3 is 2.53 bits per heavy atom. The lowest BCUT2D eigenvalue weighted by atomic mass is 9.92. The van der Waals surface area contributed by atoms with Crippen LogP contribution < -0.4 is 15.8 Å². The molecule has 0 fully saturated rings. The number of amides is 1. The summed E-state index contributed by atoms with van der Waals surface area (Å²) in [5, 5.41) is 7.60. The van der Waals surface area contributed by atoms with Crippen molar-refractivity contribution in [1.29, 1.82) is 0 Å². The summed E-state index contributed by atoms with van der Waals surface area (Å²) < 4.78 is 12.4. The van der Waals surface area contributed by atoms with E-state index in [0.717, 1.165) is 53.0 Å². The SMILES string of the molecule is COc1ccc(Cn2nc(-c3ccc(NC(=O)OCc4ccccc4)nc3)c(C3=CCCCC3)c2N)cc1. The van der Waals surface area contributed by atoms with Gasteiger partial charge >= 0.3 is 6.09 Å². The normalized spacial score (nSPS) is 13.0. The lowest BCUT2D eigenvalue weighted by molar-refractivity contribution is 0.155. The van der Waals surface area contributed by atoms with Gasteiger partial charge in [0, 0.05) is 17.3 Å². The predicted molar refractivity (Wildman–Crippen MR) is 149 cm³/mol. The molecule has 0 saturated heterocycles. The summed E-state index contributed by atoms with van der Waals surface area (Å²) in [6.45, 7) is 0.727. The van der Waals surface area contributed by atoms with Gasteiger partial charge in [0.05, 0.1) is 13.7 Å². The number of nitrogens with zero attached hydrogens (tertiary/aromatic N) is 3. The number of nitrogens with two attached hydrogens (primary N) is 1. The molecule has 0 radical (unpaired) electrons. The monoisotopic (exact) mass is 509 g/mol. The van der Waals surface area contributed by atoms with Crippen molar-refractivity contribution < 1.29 is 14.3 Å². The van der Waals surface area contributed by atoms with Gasteiger partial charge in [0.25, 0.3) is 0 Å². The molecule has 2 heterocycles. The van der Waals surface area contributed by atoms with Crippen LogP contribution in [0.25, 0.3) is 16.8 Å². The van der Waals surface area contributed by atoms with E-state index in [9.17, 15) is 4.79 Å². The topological polar surface area (TPSA) is 104 Å². The Hall–Kier alpha value is -4.59. The van der Waals surface area contributed by atoms with Gasteiger partial charge in [-0.05, 0) is 66.6 Å². The molecule has 1 amide bonds. The van der Waals surface area contributed by atoms with E-state index in [1.807, 2.05) is 65.3 Å². The smallest absolute Gasteiger partial charge is 0.413 e. The average molecular weight is 510 g/mol. The van der Waals surface area contributed by atoms with Crippen LogP contribution in [-0.2, 0) is 17.9 Å². The van der Waals surface area contributed by atoms with Crippen molar-refractivity contribution >= 4 is 23.3 Å². The highest BCUT2D eigenvalue weighted by atomic mass is 16.5. The Balaban J connectivity index is 1.36. The van der Waals surface area contributed by atoms with Crippen LogP contribution in [0.3, 0.4) is 0 Å². The zero-order chi connectivity index (χ0) is 26.3. The molecule has 4 aromatic rings. The van der Waals surface area contributed by atoms with Crippen molar-refractivity contribution in [2.75, 3.05) is 18.2 Å².